The molecule has 0 fully saturated rings. The summed E-state index contributed by atoms with van der Waals surface area (Å²) in [7, 11) is 0. The highest BCUT2D eigenvalue weighted by atomic mass is 32.1. The van der Waals surface area contributed by atoms with Crippen LogP contribution in [-0.2, 0) is 6.54 Å². The monoisotopic (exact) mass is 180 g/mol. The van der Waals surface area contributed by atoms with E-state index in [0.29, 0.717) is 0 Å². The third-order valence-electron chi connectivity index (χ3n) is 1.65. The van der Waals surface area contributed by atoms with E-state index in [9.17, 15) is 0 Å². The fraction of sp³-hybridized carbons (Fsp3) is 0.286. The number of nitrogens with zero attached hydrogens (tertiary/aromatic N) is 4. The Balaban J connectivity index is 2.20. The van der Waals surface area contributed by atoms with Gasteiger partial charge in [-0.25, -0.2) is 0 Å². The lowest BCUT2D eigenvalue weighted by Crippen LogP contribution is -2.03. The van der Waals surface area contributed by atoms with Crippen LogP contribution < -0.4 is 0 Å². The third kappa shape index (κ3) is 1.35. The lowest BCUT2D eigenvalue weighted by Gasteiger charge is -1.99. The van der Waals surface area contributed by atoms with Gasteiger partial charge < -0.3 is 0 Å². The van der Waals surface area contributed by atoms with E-state index in [1.54, 1.807) is 12.4 Å². The number of hydrogen-bond donors (Lipinski definition) is 0. The van der Waals surface area contributed by atoms with Crippen molar-refractivity contribution in [3.63, 3.8) is 0 Å². The Kier molecular flexibility index (Phi) is 1.87. The minimum atomic E-state index is 0.718. The maximum Gasteiger partial charge on any atom is 0.0957 e. The van der Waals surface area contributed by atoms with Gasteiger partial charge in [0, 0.05) is 11.9 Å². The van der Waals surface area contributed by atoms with Crippen LogP contribution in [0.5, 0.6) is 0 Å². The minimum Gasteiger partial charge on any atom is -0.264 e. The summed E-state index contributed by atoms with van der Waals surface area (Å²) in [5.41, 5.74) is 2.11. The largest absolute Gasteiger partial charge is 0.264 e. The van der Waals surface area contributed by atoms with E-state index < -0.39 is 0 Å². The maximum atomic E-state index is 4.14. The van der Waals surface area contributed by atoms with Crippen LogP contribution in [-0.4, -0.2) is 18.5 Å². The summed E-state index contributed by atoms with van der Waals surface area (Å²) in [5.74, 6) is 0. The van der Waals surface area contributed by atoms with Crippen LogP contribution >= 0.6 is 11.7 Å². The van der Waals surface area contributed by atoms with E-state index in [0.717, 1.165) is 17.9 Å². The third-order valence-corrected chi connectivity index (χ3v) is 2.16. The minimum absolute atomic E-state index is 0.718. The van der Waals surface area contributed by atoms with Crippen molar-refractivity contribution in [2.24, 2.45) is 0 Å². The first-order valence-electron chi connectivity index (χ1n) is 3.61. The van der Waals surface area contributed by atoms with Gasteiger partial charge in [0.2, 0.25) is 0 Å². The van der Waals surface area contributed by atoms with E-state index in [1.165, 1.54) is 11.7 Å². The van der Waals surface area contributed by atoms with Crippen molar-refractivity contribution in [3.8, 4) is 0 Å². The van der Waals surface area contributed by atoms with Crippen molar-refractivity contribution in [2.75, 3.05) is 0 Å². The summed E-state index contributed by atoms with van der Waals surface area (Å²) in [5, 5.41) is 4.14. The molecule has 0 radical (unpaired) electrons. The van der Waals surface area contributed by atoms with Crippen molar-refractivity contribution in [2.45, 2.75) is 13.5 Å². The predicted octanol–water partition coefficient (Wildman–Crippen LogP) is 1.09. The van der Waals surface area contributed by atoms with Crippen LogP contribution in [0.15, 0.2) is 18.5 Å². The fourth-order valence-corrected chi connectivity index (χ4v) is 1.40. The highest BCUT2D eigenvalue weighted by Crippen LogP contribution is 2.01. The van der Waals surface area contributed by atoms with Gasteiger partial charge >= 0.3 is 0 Å². The molecule has 2 heterocycles. The average Bonchev–Trinajstić information content (AvgIpc) is 2.65. The van der Waals surface area contributed by atoms with Gasteiger partial charge in [0.25, 0.3) is 0 Å². The molecule has 0 saturated heterocycles. The molecule has 0 amide bonds. The second-order valence-electron chi connectivity index (χ2n) is 2.53. The molecule has 2 aromatic heterocycles. The molecule has 0 spiro atoms. The van der Waals surface area contributed by atoms with Crippen molar-refractivity contribution in [1.29, 1.82) is 0 Å². The van der Waals surface area contributed by atoms with Gasteiger partial charge in [-0.15, -0.1) is 0 Å². The van der Waals surface area contributed by atoms with Crippen LogP contribution in [0.2, 0.25) is 0 Å². The zero-order valence-electron chi connectivity index (χ0n) is 6.64. The Labute approximate surface area is 74.2 Å². The molecule has 0 atom stereocenters. The summed E-state index contributed by atoms with van der Waals surface area (Å²) in [6, 6.07) is 1.97. The first-order chi connectivity index (χ1) is 5.86. The molecule has 5 heteroatoms. The van der Waals surface area contributed by atoms with Crippen LogP contribution in [0.4, 0.5) is 0 Å². The molecule has 12 heavy (non-hydrogen) atoms. The normalized spacial score (nSPS) is 10.4. The molecule has 62 valence electrons. The van der Waals surface area contributed by atoms with E-state index in [1.807, 2.05) is 17.7 Å². The lowest BCUT2D eigenvalue weighted by molar-refractivity contribution is 0.656. The Morgan fingerprint density at radius 2 is 2.50 bits per heavy atom. The van der Waals surface area contributed by atoms with Crippen molar-refractivity contribution < 1.29 is 0 Å². The number of rotatable bonds is 2. The highest BCUT2D eigenvalue weighted by Gasteiger charge is 2.00. The van der Waals surface area contributed by atoms with Crippen LogP contribution in [0.1, 0.15) is 11.4 Å². The highest BCUT2D eigenvalue weighted by molar-refractivity contribution is 6.99. The molecule has 0 N–H and O–H groups in total. The second kappa shape index (κ2) is 3.02. The molecular formula is C7H8N4S. The van der Waals surface area contributed by atoms with Crippen molar-refractivity contribution >= 4 is 11.7 Å². The Hall–Kier alpha value is -1.23. The topological polar surface area (TPSA) is 43.6 Å². The van der Waals surface area contributed by atoms with Gasteiger partial charge in [-0.3, -0.25) is 4.68 Å². The van der Waals surface area contributed by atoms with Crippen LogP contribution in [0.3, 0.4) is 0 Å². The number of hydrogen-bond acceptors (Lipinski definition) is 4. The van der Waals surface area contributed by atoms with Crippen molar-refractivity contribution in [3.05, 3.63) is 29.8 Å². The van der Waals surface area contributed by atoms with Gasteiger partial charge in [-0.2, -0.15) is 13.8 Å². The van der Waals surface area contributed by atoms with E-state index in [4.69, 9.17) is 0 Å². The molecule has 0 aliphatic rings. The summed E-state index contributed by atoms with van der Waals surface area (Å²) >= 11 is 1.23. The lowest BCUT2D eigenvalue weighted by atomic mass is 10.4. The van der Waals surface area contributed by atoms with Crippen LogP contribution in [0, 0.1) is 6.92 Å². The molecule has 0 aliphatic heterocycles. The van der Waals surface area contributed by atoms with Crippen LogP contribution in [0.25, 0.3) is 0 Å². The molecule has 0 saturated carbocycles. The van der Waals surface area contributed by atoms with E-state index >= 15 is 0 Å². The first-order valence-corrected chi connectivity index (χ1v) is 4.34. The van der Waals surface area contributed by atoms with Gasteiger partial charge in [-0.1, -0.05) is 0 Å². The zero-order valence-corrected chi connectivity index (χ0v) is 7.45. The molecule has 0 aliphatic carbocycles. The summed E-state index contributed by atoms with van der Waals surface area (Å²) in [4.78, 5) is 0. The number of aromatic nitrogens is 4. The summed E-state index contributed by atoms with van der Waals surface area (Å²) in [6.45, 7) is 2.74. The molecule has 2 rings (SSSR count). The Morgan fingerprint density at radius 3 is 3.08 bits per heavy atom. The molecule has 4 nitrogen and oxygen atoms in total. The van der Waals surface area contributed by atoms with E-state index in [2.05, 4.69) is 13.8 Å². The maximum absolute atomic E-state index is 4.14. The van der Waals surface area contributed by atoms with Crippen molar-refractivity contribution in [1.82, 2.24) is 18.5 Å². The average molecular weight is 180 g/mol. The summed E-state index contributed by atoms with van der Waals surface area (Å²) in [6.07, 6.45) is 3.56. The Bertz CT molecular complexity index is 351. The predicted molar refractivity (Wildman–Crippen MR) is 46.0 cm³/mol. The SMILES string of the molecule is Cc1ccnn1Cc1cnsn1. The van der Waals surface area contributed by atoms with Gasteiger partial charge in [0.05, 0.1) is 30.2 Å². The molecule has 0 bridgehead atoms. The standard InChI is InChI=1S/C7H8N4S/c1-6-2-3-8-11(6)5-7-4-9-12-10-7/h2-4H,5H2,1H3. The smallest absolute Gasteiger partial charge is 0.0957 e. The molecule has 0 unspecified atom stereocenters. The second-order valence-corrected chi connectivity index (χ2v) is 3.09. The molecule has 0 aromatic carbocycles. The molecular weight excluding hydrogens is 172 g/mol. The zero-order chi connectivity index (χ0) is 8.39. The summed E-state index contributed by atoms with van der Waals surface area (Å²) < 4.78 is 9.92. The van der Waals surface area contributed by atoms with Gasteiger partial charge in [0.1, 0.15) is 0 Å². The number of aryl methyl sites for hydroxylation is 1. The Morgan fingerprint density at radius 1 is 1.58 bits per heavy atom. The van der Waals surface area contributed by atoms with Gasteiger partial charge in [0.15, 0.2) is 0 Å². The fourth-order valence-electron chi connectivity index (χ4n) is 0.971. The first kappa shape index (κ1) is 7.42. The van der Waals surface area contributed by atoms with Gasteiger partial charge in [-0.05, 0) is 13.0 Å². The molecule has 2 aromatic rings. The quantitative estimate of drug-likeness (QED) is 0.695. The van der Waals surface area contributed by atoms with E-state index in [-0.39, 0.29) is 0 Å².